The van der Waals surface area contributed by atoms with Crippen LogP contribution in [0.2, 0.25) is 0 Å². The SMILES string of the molecule is CC12CCCC1c1ccc3cc(O)ccc3c1CC2. The molecule has 0 bridgehead atoms. The summed E-state index contributed by atoms with van der Waals surface area (Å²) >= 11 is 0. The quantitative estimate of drug-likeness (QED) is 0.716. The van der Waals surface area contributed by atoms with Gasteiger partial charge in [-0.1, -0.05) is 31.5 Å². The van der Waals surface area contributed by atoms with Gasteiger partial charge in [0.05, 0.1) is 0 Å². The molecular formula is C18H20O. The van der Waals surface area contributed by atoms with Gasteiger partial charge in [-0.2, -0.15) is 0 Å². The van der Waals surface area contributed by atoms with Crippen LogP contribution in [0, 0.1) is 5.41 Å². The Bertz CT molecular complexity index is 658. The van der Waals surface area contributed by atoms with Crippen molar-refractivity contribution in [1.82, 2.24) is 0 Å². The third-order valence-corrected chi connectivity index (χ3v) is 5.55. The average Bonchev–Trinajstić information content (AvgIpc) is 2.79. The highest BCUT2D eigenvalue weighted by atomic mass is 16.3. The Morgan fingerprint density at radius 3 is 2.95 bits per heavy atom. The van der Waals surface area contributed by atoms with Crippen molar-refractivity contribution in [3.05, 3.63) is 41.5 Å². The van der Waals surface area contributed by atoms with Crippen molar-refractivity contribution in [2.75, 3.05) is 0 Å². The van der Waals surface area contributed by atoms with Crippen LogP contribution in [0.4, 0.5) is 0 Å². The van der Waals surface area contributed by atoms with E-state index in [1.807, 2.05) is 12.1 Å². The normalized spacial score (nSPS) is 29.2. The van der Waals surface area contributed by atoms with E-state index in [4.69, 9.17) is 0 Å². The molecule has 2 unspecified atom stereocenters. The van der Waals surface area contributed by atoms with Crippen LogP contribution < -0.4 is 0 Å². The van der Waals surface area contributed by atoms with Crippen molar-refractivity contribution in [1.29, 1.82) is 0 Å². The lowest BCUT2D eigenvalue weighted by Crippen LogP contribution is -2.26. The van der Waals surface area contributed by atoms with Gasteiger partial charge >= 0.3 is 0 Å². The minimum Gasteiger partial charge on any atom is -0.508 e. The predicted molar refractivity (Wildman–Crippen MR) is 78.6 cm³/mol. The van der Waals surface area contributed by atoms with Gasteiger partial charge < -0.3 is 5.11 Å². The second-order valence-corrected chi connectivity index (χ2v) is 6.64. The summed E-state index contributed by atoms with van der Waals surface area (Å²) in [5, 5.41) is 12.2. The van der Waals surface area contributed by atoms with Crippen LogP contribution >= 0.6 is 0 Å². The minimum atomic E-state index is 0.369. The van der Waals surface area contributed by atoms with Gasteiger partial charge in [0.1, 0.15) is 5.75 Å². The molecule has 1 saturated carbocycles. The van der Waals surface area contributed by atoms with E-state index in [0.29, 0.717) is 11.2 Å². The van der Waals surface area contributed by atoms with Crippen LogP contribution in [0.25, 0.3) is 10.8 Å². The smallest absolute Gasteiger partial charge is 0.116 e. The number of phenolic OH excluding ortho intramolecular Hbond substituents is 1. The van der Waals surface area contributed by atoms with E-state index in [1.54, 1.807) is 11.1 Å². The molecule has 2 aliphatic rings. The van der Waals surface area contributed by atoms with Gasteiger partial charge in [-0.3, -0.25) is 0 Å². The second kappa shape index (κ2) is 3.75. The van der Waals surface area contributed by atoms with Gasteiger partial charge in [0.15, 0.2) is 0 Å². The van der Waals surface area contributed by atoms with Crippen molar-refractivity contribution >= 4 is 10.8 Å². The number of aromatic hydroxyl groups is 1. The van der Waals surface area contributed by atoms with E-state index in [-0.39, 0.29) is 0 Å². The maximum atomic E-state index is 9.63. The molecule has 0 heterocycles. The second-order valence-electron chi connectivity index (χ2n) is 6.64. The molecule has 1 N–H and O–H groups in total. The number of hydrogen-bond donors (Lipinski definition) is 1. The van der Waals surface area contributed by atoms with Gasteiger partial charge in [0.25, 0.3) is 0 Å². The maximum Gasteiger partial charge on any atom is 0.116 e. The van der Waals surface area contributed by atoms with Crippen molar-refractivity contribution in [2.45, 2.75) is 44.9 Å². The van der Waals surface area contributed by atoms with Crippen molar-refractivity contribution in [2.24, 2.45) is 5.41 Å². The molecule has 2 aromatic carbocycles. The van der Waals surface area contributed by atoms with Crippen LogP contribution in [-0.2, 0) is 6.42 Å². The van der Waals surface area contributed by atoms with E-state index >= 15 is 0 Å². The molecule has 0 radical (unpaired) electrons. The predicted octanol–water partition coefficient (Wildman–Crippen LogP) is 4.77. The molecular weight excluding hydrogens is 232 g/mol. The van der Waals surface area contributed by atoms with Gasteiger partial charge in [-0.15, -0.1) is 0 Å². The van der Waals surface area contributed by atoms with E-state index in [0.717, 1.165) is 5.92 Å². The van der Waals surface area contributed by atoms with Crippen LogP contribution in [0.3, 0.4) is 0 Å². The van der Waals surface area contributed by atoms with Crippen molar-refractivity contribution < 1.29 is 5.11 Å². The number of rotatable bonds is 0. The lowest BCUT2D eigenvalue weighted by molar-refractivity contribution is 0.253. The molecule has 0 aliphatic heterocycles. The summed E-state index contributed by atoms with van der Waals surface area (Å²) in [5.74, 6) is 1.13. The molecule has 98 valence electrons. The van der Waals surface area contributed by atoms with E-state index in [9.17, 15) is 5.11 Å². The molecule has 0 amide bonds. The Hall–Kier alpha value is -1.50. The Kier molecular flexibility index (Phi) is 2.24. The topological polar surface area (TPSA) is 20.2 Å². The molecule has 4 rings (SSSR count). The monoisotopic (exact) mass is 252 g/mol. The third-order valence-electron chi connectivity index (χ3n) is 5.55. The summed E-state index contributed by atoms with van der Waals surface area (Å²) in [5.41, 5.74) is 3.67. The third kappa shape index (κ3) is 1.54. The lowest BCUT2D eigenvalue weighted by atomic mass is 9.66. The molecule has 2 aliphatic carbocycles. The molecule has 19 heavy (non-hydrogen) atoms. The molecule has 1 fully saturated rings. The number of aryl methyl sites for hydroxylation is 1. The fraction of sp³-hybridized carbons (Fsp3) is 0.444. The maximum absolute atomic E-state index is 9.63. The molecule has 2 aromatic rings. The van der Waals surface area contributed by atoms with Gasteiger partial charge in [0.2, 0.25) is 0 Å². The van der Waals surface area contributed by atoms with Crippen LogP contribution in [0.1, 0.15) is 49.7 Å². The van der Waals surface area contributed by atoms with Gasteiger partial charge in [-0.25, -0.2) is 0 Å². The average molecular weight is 252 g/mol. The summed E-state index contributed by atoms with van der Waals surface area (Å²) in [6.07, 6.45) is 6.65. The van der Waals surface area contributed by atoms with Crippen LogP contribution in [0.15, 0.2) is 30.3 Å². The first-order valence-electron chi connectivity index (χ1n) is 7.42. The summed E-state index contributed by atoms with van der Waals surface area (Å²) in [6.45, 7) is 2.48. The molecule has 0 saturated heterocycles. The number of benzene rings is 2. The summed E-state index contributed by atoms with van der Waals surface area (Å²) in [4.78, 5) is 0. The van der Waals surface area contributed by atoms with Crippen molar-refractivity contribution in [3.8, 4) is 5.75 Å². The standard InChI is InChI=1S/C18H20O/c1-18-9-2-3-17(18)16-6-4-12-11-13(19)5-7-14(12)15(16)8-10-18/h4-7,11,17,19H,2-3,8-10H2,1H3. The molecule has 0 spiro atoms. The number of fused-ring (bicyclic) bond motifs is 5. The fourth-order valence-corrected chi connectivity index (χ4v) is 4.48. The van der Waals surface area contributed by atoms with Crippen molar-refractivity contribution in [3.63, 3.8) is 0 Å². The van der Waals surface area contributed by atoms with E-state index < -0.39 is 0 Å². The molecule has 1 nitrogen and oxygen atoms in total. The Morgan fingerprint density at radius 2 is 2.05 bits per heavy atom. The van der Waals surface area contributed by atoms with Gasteiger partial charge in [0, 0.05) is 0 Å². The zero-order chi connectivity index (χ0) is 13.0. The zero-order valence-electron chi connectivity index (χ0n) is 11.4. The highest BCUT2D eigenvalue weighted by Gasteiger charge is 2.42. The molecule has 1 heteroatoms. The summed E-state index contributed by atoms with van der Waals surface area (Å²) in [6, 6.07) is 10.3. The highest BCUT2D eigenvalue weighted by molar-refractivity contribution is 5.88. The van der Waals surface area contributed by atoms with Crippen LogP contribution in [-0.4, -0.2) is 5.11 Å². The minimum absolute atomic E-state index is 0.369. The first kappa shape index (κ1) is 11.3. The van der Waals surface area contributed by atoms with Gasteiger partial charge in [-0.05, 0) is 71.0 Å². The number of hydrogen-bond acceptors (Lipinski definition) is 1. The summed E-state index contributed by atoms with van der Waals surface area (Å²) < 4.78 is 0. The largest absolute Gasteiger partial charge is 0.508 e. The Morgan fingerprint density at radius 1 is 1.16 bits per heavy atom. The molecule has 2 atom stereocenters. The first-order valence-corrected chi connectivity index (χ1v) is 7.42. The Labute approximate surface area is 114 Å². The zero-order valence-corrected chi connectivity index (χ0v) is 11.4. The Balaban J connectivity index is 1.95. The molecule has 0 aromatic heterocycles. The number of phenols is 1. The fourth-order valence-electron chi connectivity index (χ4n) is 4.48. The van der Waals surface area contributed by atoms with E-state index in [2.05, 4.69) is 25.1 Å². The lowest BCUT2D eigenvalue weighted by Gasteiger charge is -2.38. The summed E-state index contributed by atoms with van der Waals surface area (Å²) in [7, 11) is 0. The first-order chi connectivity index (χ1) is 9.17. The highest BCUT2D eigenvalue weighted by Crippen LogP contribution is 2.56. The van der Waals surface area contributed by atoms with Crippen LogP contribution in [0.5, 0.6) is 5.75 Å². The van der Waals surface area contributed by atoms with E-state index in [1.165, 1.54) is 42.9 Å².